The number of hydrazone groups is 1. The van der Waals surface area contributed by atoms with E-state index in [9.17, 15) is 0 Å². The van der Waals surface area contributed by atoms with E-state index in [2.05, 4.69) is 0 Å². The van der Waals surface area contributed by atoms with E-state index in [1.165, 1.54) is 0 Å². The van der Waals surface area contributed by atoms with Gasteiger partial charge in [-0.25, -0.2) is 0 Å². The number of hydrogen-bond acceptors (Lipinski definition) is 4. The molecule has 1 atom stereocenters. The van der Waals surface area contributed by atoms with E-state index in [1.54, 1.807) is 0 Å². The van der Waals surface area contributed by atoms with Crippen LogP contribution < -0.4 is 15.5 Å². The summed E-state index contributed by atoms with van der Waals surface area (Å²) in [6.45, 7) is 1.46. The van der Waals surface area contributed by atoms with Crippen LogP contribution in [0.1, 0.15) is 5.56 Å². The van der Waals surface area contributed by atoms with Gasteiger partial charge in [-0.05, 0) is 36.4 Å². The van der Waals surface area contributed by atoms with E-state index in [4.69, 9.17) is 27.2 Å². The van der Waals surface area contributed by atoms with Crippen LogP contribution in [0, 0.1) is 5.92 Å². The molecule has 0 bridgehead atoms. The molecule has 22 heavy (non-hydrogen) atoms. The molecule has 0 amide bonds. The lowest BCUT2D eigenvalue weighted by Crippen LogP contribution is -2.29. The van der Waals surface area contributed by atoms with Gasteiger partial charge in [-0.3, -0.25) is 5.01 Å². The first-order valence-electron chi connectivity index (χ1n) is 6.85. The van der Waals surface area contributed by atoms with Crippen LogP contribution >= 0.6 is 24.0 Å². The Morgan fingerprint density at radius 2 is 1.95 bits per heavy atom. The van der Waals surface area contributed by atoms with E-state index in [0.717, 1.165) is 34.3 Å². The zero-order valence-electron chi connectivity index (χ0n) is 11.7. The molecule has 2 aromatic carbocycles. The Bertz CT molecular complexity index is 731. The molecule has 2 N–H and O–H groups in total. The fourth-order valence-electron chi connectivity index (χ4n) is 2.79. The number of fused-ring (bicyclic) bond motifs is 3. The van der Waals surface area contributed by atoms with E-state index < -0.39 is 0 Å². The number of rotatable bonds is 1. The molecule has 0 saturated carbocycles. The molecule has 2 aliphatic rings. The first-order chi connectivity index (χ1) is 10.2. The van der Waals surface area contributed by atoms with Gasteiger partial charge in [-0.1, -0.05) is 11.6 Å². The molecule has 2 aliphatic heterocycles. The zero-order valence-corrected chi connectivity index (χ0v) is 13.3. The first-order valence-corrected chi connectivity index (χ1v) is 7.23. The standard InChI is InChI=1S/C16H14ClN3O.ClH/c17-11-1-4-13(5-2-11)20-8-10-9-21-15-7-12(18)3-6-14(15)16(10)19-20;/h1-7,10H,8-9,18H2;1H. The topological polar surface area (TPSA) is 50.9 Å². The Balaban J connectivity index is 0.00000144. The number of benzene rings is 2. The SMILES string of the molecule is Cl.Nc1ccc2c(c1)OCC1CN(c3ccc(Cl)cc3)N=C21. The van der Waals surface area contributed by atoms with E-state index in [-0.39, 0.29) is 18.3 Å². The van der Waals surface area contributed by atoms with Crippen molar-refractivity contribution in [2.24, 2.45) is 11.0 Å². The Morgan fingerprint density at radius 3 is 2.73 bits per heavy atom. The van der Waals surface area contributed by atoms with Crippen LogP contribution in [-0.2, 0) is 0 Å². The largest absolute Gasteiger partial charge is 0.492 e. The summed E-state index contributed by atoms with van der Waals surface area (Å²) in [5.41, 5.74) is 9.67. The zero-order chi connectivity index (χ0) is 14.4. The summed E-state index contributed by atoms with van der Waals surface area (Å²) in [4.78, 5) is 0. The minimum absolute atomic E-state index is 0. The highest BCUT2D eigenvalue weighted by Gasteiger charge is 2.34. The monoisotopic (exact) mass is 335 g/mol. The molecule has 4 nitrogen and oxygen atoms in total. The second-order valence-electron chi connectivity index (χ2n) is 5.31. The molecule has 2 aromatic rings. The molecule has 6 heteroatoms. The molecule has 0 aromatic heterocycles. The van der Waals surface area contributed by atoms with Gasteiger partial charge in [0.1, 0.15) is 5.75 Å². The number of nitrogens with zero attached hydrogens (tertiary/aromatic N) is 2. The highest BCUT2D eigenvalue weighted by atomic mass is 35.5. The van der Waals surface area contributed by atoms with Gasteiger partial charge in [0.25, 0.3) is 0 Å². The lowest BCUT2D eigenvalue weighted by atomic mass is 9.95. The smallest absolute Gasteiger partial charge is 0.130 e. The fourth-order valence-corrected chi connectivity index (χ4v) is 2.92. The quantitative estimate of drug-likeness (QED) is 0.810. The van der Waals surface area contributed by atoms with Crippen molar-refractivity contribution in [3.63, 3.8) is 0 Å². The summed E-state index contributed by atoms with van der Waals surface area (Å²) < 4.78 is 5.81. The van der Waals surface area contributed by atoms with E-state index in [0.29, 0.717) is 12.3 Å². The molecule has 2 heterocycles. The number of halogens is 2. The average Bonchev–Trinajstić information content (AvgIpc) is 2.92. The summed E-state index contributed by atoms with van der Waals surface area (Å²) in [5, 5.41) is 7.50. The van der Waals surface area contributed by atoms with Crippen molar-refractivity contribution in [1.82, 2.24) is 0 Å². The number of anilines is 2. The van der Waals surface area contributed by atoms with Crippen LogP contribution in [0.3, 0.4) is 0 Å². The van der Waals surface area contributed by atoms with E-state index in [1.807, 2.05) is 47.5 Å². The maximum Gasteiger partial charge on any atom is 0.130 e. The van der Waals surface area contributed by atoms with Crippen LogP contribution in [0.4, 0.5) is 11.4 Å². The van der Waals surface area contributed by atoms with Crippen molar-refractivity contribution in [1.29, 1.82) is 0 Å². The highest BCUT2D eigenvalue weighted by molar-refractivity contribution is 6.30. The Hall–Kier alpha value is -1.91. The maximum atomic E-state index is 5.94. The van der Waals surface area contributed by atoms with Crippen molar-refractivity contribution < 1.29 is 4.74 Å². The van der Waals surface area contributed by atoms with Crippen molar-refractivity contribution in [3.8, 4) is 5.75 Å². The summed E-state index contributed by atoms with van der Waals surface area (Å²) in [5.74, 6) is 1.11. The van der Waals surface area contributed by atoms with E-state index >= 15 is 0 Å². The lowest BCUT2D eigenvalue weighted by molar-refractivity contribution is 0.280. The lowest BCUT2D eigenvalue weighted by Gasteiger charge is -2.22. The van der Waals surface area contributed by atoms with Gasteiger partial charge in [0, 0.05) is 22.3 Å². The second kappa shape index (κ2) is 5.71. The number of hydrogen-bond donors (Lipinski definition) is 1. The average molecular weight is 336 g/mol. The molecule has 0 fully saturated rings. The van der Waals surface area contributed by atoms with Gasteiger partial charge < -0.3 is 10.5 Å². The highest BCUT2D eigenvalue weighted by Crippen LogP contribution is 2.34. The summed E-state index contributed by atoms with van der Waals surface area (Å²) >= 11 is 5.94. The predicted molar refractivity (Wildman–Crippen MR) is 92.4 cm³/mol. The fraction of sp³-hybridized carbons (Fsp3) is 0.188. The van der Waals surface area contributed by atoms with Crippen molar-refractivity contribution in [3.05, 3.63) is 53.1 Å². The Morgan fingerprint density at radius 1 is 1.18 bits per heavy atom. The Kier molecular flexibility index (Phi) is 3.89. The molecule has 0 aliphatic carbocycles. The molecule has 0 spiro atoms. The summed E-state index contributed by atoms with van der Waals surface area (Å²) in [7, 11) is 0. The van der Waals surface area contributed by atoms with Gasteiger partial charge in [-0.2, -0.15) is 5.10 Å². The molecule has 0 saturated heterocycles. The molecule has 114 valence electrons. The minimum Gasteiger partial charge on any atom is -0.492 e. The summed E-state index contributed by atoms with van der Waals surface area (Å²) in [6, 6.07) is 13.5. The third kappa shape index (κ3) is 2.49. The third-order valence-corrected chi connectivity index (χ3v) is 4.11. The number of ether oxygens (including phenoxy) is 1. The molecular formula is C16H15Cl2N3O. The van der Waals surface area contributed by atoms with Crippen molar-refractivity contribution >= 4 is 41.1 Å². The number of nitrogens with two attached hydrogens (primary N) is 1. The normalized spacial score (nSPS) is 18.7. The molecule has 1 unspecified atom stereocenters. The van der Waals surface area contributed by atoms with Crippen LogP contribution in [0.5, 0.6) is 5.75 Å². The predicted octanol–water partition coefficient (Wildman–Crippen LogP) is 3.58. The molecule has 0 radical (unpaired) electrons. The van der Waals surface area contributed by atoms with Gasteiger partial charge >= 0.3 is 0 Å². The maximum absolute atomic E-state index is 5.94. The second-order valence-corrected chi connectivity index (χ2v) is 5.74. The Labute approximate surface area is 139 Å². The third-order valence-electron chi connectivity index (χ3n) is 3.85. The van der Waals surface area contributed by atoms with Gasteiger partial charge in [-0.15, -0.1) is 12.4 Å². The van der Waals surface area contributed by atoms with Gasteiger partial charge in [0.2, 0.25) is 0 Å². The van der Waals surface area contributed by atoms with Crippen LogP contribution in [-0.4, -0.2) is 18.9 Å². The minimum atomic E-state index is 0. The van der Waals surface area contributed by atoms with Gasteiger partial charge in [0.05, 0.1) is 30.5 Å². The van der Waals surface area contributed by atoms with Gasteiger partial charge in [0.15, 0.2) is 0 Å². The van der Waals surface area contributed by atoms with Crippen LogP contribution in [0.2, 0.25) is 5.02 Å². The van der Waals surface area contributed by atoms with Crippen molar-refractivity contribution in [2.75, 3.05) is 23.9 Å². The summed E-state index contributed by atoms with van der Waals surface area (Å²) in [6.07, 6.45) is 0. The van der Waals surface area contributed by atoms with Crippen LogP contribution in [0.15, 0.2) is 47.6 Å². The van der Waals surface area contributed by atoms with Crippen molar-refractivity contribution in [2.45, 2.75) is 0 Å². The van der Waals surface area contributed by atoms with Crippen LogP contribution in [0.25, 0.3) is 0 Å². The number of nitrogen functional groups attached to an aromatic ring is 1. The first kappa shape index (κ1) is 15.0. The molecule has 4 rings (SSSR count). The molecular weight excluding hydrogens is 321 g/mol.